The number of hydrogen-bond donors (Lipinski definition) is 0. The molecule has 20 rings (SSSR count). The van der Waals surface area contributed by atoms with E-state index < -0.39 is 0 Å². The Kier molecular flexibility index (Phi) is 14.0. The molecule has 14 aromatic carbocycles. The summed E-state index contributed by atoms with van der Waals surface area (Å²) in [6, 6.07) is 117. The monoisotopic (exact) mass is 1280 g/mol. The SMILES string of the molecule is c1ccc(-c2nc(-c3ccccc3)nc(-c3ccc4c(c3)oc3cc(-c5ccc6c(c5)c5ccccc5n6-c5ccccc5)ccc34)n2)cc1.c1ccc(-c2nc(-c3ccccc3)nc(-c3ccc4oc5cc(-c6ccc7c(c6)c6ccccc6n7-c6ccccc6)ccc5c4c3)n2)cc1. The van der Waals surface area contributed by atoms with E-state index in [0.29, 0.717) is 34.9 Å². The van der Waals surface area contributed by atoms with Gasteiger partial charge in [-0.2, -0.15) is 0 Å². The van der Waals surface area contributed by atoms with Crippen LogP contribution in [0.3, 0.4) is 0 Å². The van der Waals surface area contributed by atoms with Crippen molar-refractivity contribution >= 4 is 87.5 Å². The zero-order valence-corrected chi connectivity index (χ0v) is 53.7. The largest absolute Gasteiger partial charge is 0.456 e. The maximum absolute atomic E-state index is 6.55. The van der Waals surface area contributed by atoms with Crippen LogP contribution in [-0.2, 0) is 0 Å². The van der Waals surface area contributed by atoms with Gasteiger partial charge in [-0.05, 0) is 138 Å². The highest BCUT2D eigenvalue weighted by Crippen LogP contribution is 2.41. The highest BCUT2D eigenvalue weighted by molar-refractivity contribution is 6.13. The first-order valence-electron chi connectivity index (χ1n) is 33.4. The predicted molar refractivity (Wildman–Crippen MR) is 406 cm³/mol. The van der Waals surface area contributed by atoms with Crippen LogP contribution in [0.4, 0.5) is 0 Å². The van der Waals surface area contributed by atoms with Crippen molar-refractivity contribution in [1.82, 2.24) is 39.0 Å². The molecule has 0 aliphatic heterocycles. The lowest BCUT2D eigenvalue weighted by Crippen LogP contribution is -2.00. The maximum Gasteiger partial charge on any atom is 0.164 e. The Hall–Kier alpha value is -13.7. The second-order valence-electron chi connectivity index (χ2n) is 25.0. The van der Waals surface area contributed by atoms with E-state index in [1.54, 1.807) is 0 Å². The summed E-state index contributed by atoms with van der Waals surface area (Å²) in [5, 5.41) is 9.10. The molecule has 10 heteroatoms. The van der Waals surface area contributed by atoms with Gasteiger partial charge in [-0.25, -0.2) is 29.9 Å². The summed E-state index contributed by atoms with van der Waals surface area (Å²) in [6.45, 7) is 0. The van der Waals surface area contributed by atoms with Crippen LogP contribution < -0.4 is 0 Å². The predicted octanol–water partition coefficient (Wildman–Crippen LogP) is 23.1. The molecule has 0 aliphatic carbocycles. The molecule has 0 radical (unpaired) electrons. The van der Waals surface area contributed by atoms with E-state index in [1.807, 2.05) is 140 Å². The fraction of sp³-hybridized carbons (Fsp3) is 0. The number of rotatable bonds is 10. The molecule has 468 valence electrons. The molecule has 0 unspecified atom stereocenters. The molecule has 0 bridgehead atoms. The Morgan fingerprint density at radius 2 is 0.440 bits per heavy atom. The molecule has 6 aromatic heterocycles. The zero-order chi connectivity index (χ0) is 66.0. The van der Waals surface area contributed by atoms with E-state index in [1.165, 1.54) is 43.6 Å². The lowest BCUT2D eigenvalue weighted by Gasteiger charge is -2.08. The van der Waals surface area contributed by atoms with Gasteiger partial charge < -0.3 is 18.0 Å². The average Bonchev–Trinajstić information content (AvgIpc) is 1.60. The fourth-order valence-corrected chi connectivity index (χ4v) is 14.1. The van der Waals surface area contributed by atoms with Crippen LogP contribution in [0.15, 0.2) is 349 Å². The second-order valence-corrected chi connectivity index (χ2v) is 25.0. The van der Waals surface area contributed by atoms with Crippen LogP contribution >= 0.6 is 0 Å². The Morgan fingerprint density at radius 3 is 0.850 bits per heavy atom. The summed E-state index contributed by atoms with van der Waals surface area (Å²) in [7, 11) is 0. The topological polar surface area (TPSA) is 113 Å². The molecular formula is C90H56N8O2. The first kappa shape index (κ1) is 57.7. The number of para-hydroxylation sites is 4. The minimum absolute atomic E-state index is 0.601. The van der Waals surface area contributed by atoms with Gasteiger partial charge in [0.15, 0.2) is 34.9 Å². The Morgan fingerprint density at radius 1 is 0.170 bits per heavy atom. The van der Waals surface area contributed by atoms with E-state index in [0.717, 1.165) is 111 Å². The van der Waals surface area contributed by atoms with E-state index in [9.17, 15) is 0 Å². The molecule has 100 heavy (non-hydrogen) atoms. The maximum atomic E-state index is 6.55. The van der Waals surface area contributed by atoms with Crippen molar-refractivity contribution in [3.63, 3.8) is 0 Å². The lowest BCUT2D eigenvalue weighted by atomic mass is 10.0. The van der Waals surface area contributed by atoms with E-state index in [-0.39, 0.29) is 0 Å². The molecule has 0 atom stereocenters. The van der Waals surface area contributed by atoms with Gasteiger partial charge in [0, 0.05) is 87.8 Å². The van der Waals surface area contributed by atoms with Crippen LogP contribution in [0.1, 0.15) is 0 Å². The van der Waals surface area contributed by atoms with E-state index >= 15 is 0 Å². The summed E-state index contributed by atoms with van der Waals surface area (Å²) >= 11 is 0. The normalized spacial score (nSPS) is 11.6. The van der Waals surface area contributed by atoms with Crippen molar-refractivity contribution in [2.24, 2.45) is 0 Å². The van der Waals surface area contributed by atoms with Crippen molar-refractivity contribution < 1.29 is 8.83 Å². The molecule has 0 saturated carbocycles. The van der Waals surface area contributed by atoms with Gasteiger partial charge in [0.1, 0.15) is 22.3 Å². The van der Waals surface area contributed by atoms with Gasteiger partial charge in [0.05, 0.1) is 22.1 Å². The molecule has 0 N–H and O–H groups in total. The van der Waals surface area contributed by atoms with Gasteiger partial charge in [-0.3, -0.25) is 0 Å². The van der Waals surface area contributed by atoms with Crippen molar-refractivity contribution in [2.45, 2.75) is 0 Å². The standard InChI is InChI=1S/2C45H28N4O/c1-4-12-29(13-5-1)43-46-44(30-14-6-2-7-15-30)48-45(47-43)33-21-24-37-36-23-20-32(27-41(36)50-42(37)28-33)31-22-25-40-38(26-31)35-18-10-11-19-39(35)49(40)34-16-8-3-9-17-34;1-4-12-29(13-5-1)43-46-44(30-14-6-2-7-15-30)48-45(47-43)33-22-25-41-38(27-33)36-23-20-32(28-42(36)50-41)31-21-24-40-37(26-31)35-18-10-11-19-39(35)49(40)34-16-8-3-9-17-34/h2*1-28H. The van der Waals surface area contributed by atoms with Gasteiger partial charge in [0.25, 0.3) is 0 Å². The summed E-state index contributed by atoms with van der Waals surface area (Å²) < 4.78 is 17.7. The smallest absolute Gasteiger partial charge is 0.164 e. The minimum Gasteiger partial charge on any atom is -0.456 e. The molecule has 0 fully saturated rings. The third-order valence-electron chi connectivity index (χ3n) is 18.9. The summed E-state index contributed by atoms with van der Waals surface area (Å²) in [6.07, 6.45) is 0. The van der Waals surface area contributed by atoms with Crippen LogP contribution in [0.5, 0.6) is 0 Å². The molecule has 0 aliphatic rings. The van der Waals surface area contributed by atoms with Crippen molar-refractivity contribution in [2.75, 3.05) is 0 Å². The molecule has 0 amide bonds. The highest BCUT2D eigenvalue weighted by Gasteiger charge is 2.21. The third-order valence-corrected chi connectivity index (χ3v) is 18.9. The molecular weight excluding hydrogens is 1230 g/mol. The van der Waals surface area contributed by atoms with E-state index in [4.69, 9.17) is 38.7 Å². The van der Waals surface area contributed by atoms with Gasteiger partial charge in [-0.1, -0.05) is 224 Å². The number of fused-ring (bicyclic) bond motifs is 12. The van der Waals surface area contributed by atoms with Crippen LogP contribution in [0.2, 0.25) is 0 Å². The number of nitrogens with zero attached hydrogens (tertiary/aromatic N) is 8. The number of aromatic nitrogens is 8. The van der Waals surface area contributed by atoms with Gasteiger partial charge >= 0.3 is 0 Å². The number of hydrogen-bond acceptors (Lipinski definition) is 8. The quantitative estimate of drug-likeness (QED) is 0.133. The molecule has 10 nitrogen and oxygen atoms in total. The van der Waals surface area contributed by atoms with Crippen LogP contribution in [0, 0.1) is 0 Å². The number of benzene rings is 14. The zero-order valence-electron chi connectivity index (χ0n) is 53.7. The third kappa shape index (κ3) is 10.3. The molecule has 6 heterocycles. The van der Waals surface area contributed by atoms with E-state index in [2.05, 4.69) is 209 Å². The first-order valence-corrected chi connectivity index (χ1v) is 33.4. The molecule has 0 spiro atoms. The summed E-state index contributed by atoms with van der Waals surface area (Å²) in [5.74, 6) is 3.76. The average molecular weight is 1280 g/mol. The first-order chi connectivity index (χ1) is 49.5. The van der Waals surface area contributed by atoms with Crippen molar-refractivity contribution in [3.8, 4) is 102 Å². The van der Waals surface area contributed by atoms with Crippen molar-refractivity contribution in [1.29, 1.82) is 0 Å². The minimum atomic E-state index is 0.601. The lowest BCUT2D eigenvalue weighted by molar-refractivity contribution is 0.668. The molecule has 0 saturated heterocycles. The van der Waals surface area contributed by atoms with Crippen LogP contribution in [0.25, 0.3) is 189 Å². The van der Waals surface area contributed by atoms with Gasteiger partial charge in [0.2, 0.25) is 0 Å². The highest BCUT2D eigenvalue weighted by atomic mass is 16.3. The summed E-state index contributed by atoms with van der Waals surface area (Å²) in [4.78, 5) is 29.4. The second kappa shape index (κ2) is 24.2. The Labute approximate surface area is 573 Å². The number of furan rings is 2. The molecule has 20 aromatic rings. The Balaban J connectivity index is 0.000000139. The Bertz CT molecular complexity index is 6230. The summed E-state index contributed by atoms with van der Waals surface area (Å²) in [5.41, 5.74) is 20.4. The van der Waals surface area contributed by atoms with Crippen molar-refractivity contribution in [3.05, 3.63) is 340 Å². The fourth-order valence-electron chi connectivity index (χ4n) is 14.1. The van der Waals surface area contributed by atoms with Gasteiger partial charge in [-0.15, -0.1) is 0 Å². The van der Waals surface area contributed by atoms with Crippen LogP contribution in [-0.4, -0.2) is 39.0 Å².